The third-order valence-electron chi connectivity index (χ3n) is 3.30. The molecule has 0 amide bonds. The molecule has 1 nitrogen and oxygen atoms in total. The molecule has 0 radical (unpaired) electrons. The van der Waals surface area contributed by atoms with E-state index < -0.39 is 8.07 Å². The first-order valence-electron chi connectivity index (χ1n) is 6.87. The summed E-state index contributed by atoms with van der Waals surface area (Å²) >= 11 is 6.10. The summed E-state index contributed by atoms with van der Waals surface area (Å²) in [5, 5.41) is 2.24. The summed E-state index contributed by atoms with van der Waals surface area (Å²) in [6, 6.07) is 16.6. The Labute approximate surface area is 127 Å². The highest BCUT2D eigenvalue weighted by Crippen LogP contribution is 2.16. The smallest absolute Gasteiger partial charge is 0.0775 e. The Morgan fingerprint density at radius 3 is 2.15 bits per heavy atom. The first-order chi connectivity index (χ1) is 9.47. The molecule has 0 atom stereocenters. The van der Waals surface area contributed by atoms with Gasteiger partial charge in [-0.3, -0.25) is 0 Å². The fourth-order valence-corrected chi connectivity index (χ4v) is 3.35. The maximum absolute atomic E-state index is 6.10. The zero-order valence-electron chi connectivity index (χ0n) is 12.3. The maximum Gasteiger partial charge on any atom is 0.0775 e. The van der Waals surface area contributed by atoms with Crippen molar-refractivity contribution < 1.29 is 4.74 Å². The molecule has 0 saturated heterocycles. The normalized spacial score (nSPS) is 11.6. The number of rotatable bonds is 5. The van der Waals surface area contributed by atoms with Crippen molar-refractivity contribution in [2.45, 2.75) is 32.9 Å². The van der Waals surface area contributed by atoms with E-state index in [0.717, 1.165) is 10.6 Å². The van der Waals surface area contributed by atoms with Gasteiger partial charge in [-0.2, -0.15) is 0 Å². The van der Waals surface area contributed by atoms with Gasteiger partial charge in [0.1, 0.15) is 0 Å². The van der Waals surface area contributed by atoms with Crippen molar-refractivity contribution >= 4 is 24.9 Å². The minimum atomic E-state index is -1.21. The largest absolute Gasteiger partial charge is 0.372 e. The monoisotopic (exact) mass is 304 g/mol. The second-order valence-corrected chi connectivity index (χ2v) is 11.5. The van der Waals surface area contributed by atoms with Crippen LogP contribution in [0.3, 0.4) is 0 Å². The van der Waals surface area contributed by atoms with E-state index in [-0.39, 0.29) is 0 Å². The van der Waals surface area contributed by atoms with Gasteiger partial charge in [0.25, 0.3) is 0 Å². The Bertz CT molecular complexity index is 558. The molecule has 2 rings (SSSR count). The highest BCUT2D eigenvalue weighted by Gasteiger charge is 2.15. The molecular formula is C17H21ClOSi. The molecule has 0 unspecified atom stereocenters. The van der Waals surface area contributed by atoms with Crippen molar-refractivity contribution in [2.75, 3.05) is 0 Å². The quantitative estimate of drug-likeness (QED) is 0.733. The van der Waals surface area contributed by atoms with Gasteiger partial charge in [0.2, 0.25) is 0 Å². The van der Waals surface area contributed by atoms with Crippen LogP contribution in [0.5, 0.6) is 0 Å². The van der Waals surface area contributed by atoms with E-state index in [1.807, 2.05) is 24.3 Å². The lowest BCUT2D eigenvalue weighted by Crippen LogP contribution is -2.37. The van der Waals surface area contributed by atoms with Crippen LogP contribution in [0.2, 0.25) is 24.7 Å². The second kappa shape index (κ2) is 6.57. The molecule has 0 spiro atoms. The Kier molecular flexibility index (Phi) is 5.03. The Morgan fingerprint density at radius 2 is 1.55 bits per heavy atom. The fraction of sp³-hybridized carbons (Fsp3) is 0.294. The first-order valence-corrected chi connectivity index (χ1v) is 10.8. The van der Waals surface area contributed by atoms with Crippen LogP contribution in [0, 0.1) is 0 Å². The van der Waals surface area contributed by atoms with Crippen LogP contribution in [-0.2, 0) is 18.0 Å². The molecule has 0 aliphatic carbocycles. The molecule has 0 heterocycles. The van der Waals surface area contributed by atoms with Gasteiger partial charge in [-0.1, -0.05) is 78.9 Å². The molecule has 0 aromatic heterocycles. The molecule has 2 aromatic rings. The third kappa shape index (κ3) is 4.20. The molecule has 3 heteroatoms. The first kappa shape index (κ1) is 15.3. The lowest BCUT2D eigenvalue weighted by Gasteiger charge is -2.16. The average Bonchev–Trinajstić information content (AvgIpc) is 2.40. The van der Waals surface area contributed by atoms with Crippen molar-refractivity contribution in [1.82, 2.24) is 0 Å². The van der Waals surface area contributed by atoms with Crippen molar-refractivity contribution in [1.29, 1.82) is 0 Å². The van der Waals surface area contributed by atoms with Crippen LogP contribution < -0.4 is 5.19 Å². The molecule has 0 bridgehead atoms. The van der Waals surface area contributed by atoms with Crippen LogP contribution in [0.4, 0.5) is 0 Å². The highest BCUT2D eigenvalue weighted by atomic mass is 35.5. The predicted molar refractivity (Wildman–Crippen MR) is 89.4 cm³/mol. The van der Waals surface area contributed by atoms with Crippen LogP contribution in [0.1, 0.15) is 11.1 Å². The highest BCUT2D eigenvalue weighted by molar-refractivity contribution is 6.88. The number of hydrogen-bond donors (Lipinski definition) is 0. The van der Waals surface area contributed by atoms with Crippen LogP contribution >= 0.6 is 11.6 Å². The zero-order valence-corrected chi connectivity index (χ0v) is 14.1. The van der Waals surface area contributed by atoms with Crippen molar-refractivity contribution in [3.05, 3.63) is 64.7 Å². The third-order valence-corrected chi connectivity index (χ3v) is 5.74. The molecule has 0 fully saturated rings. The SMILES string of the molecule is C[Si](C)(C)c1ccc(COCc2ccccc2Cl)cc1. The summed E-state index contributed by atoms with van der Waals surface area (Å²) in [6.07, 6.45) is 0. The Balaban J connectivity index is 1.90. The Morgan fingerprint density at radius 1 is 0.900 bits per heavy atom. The van der Waals surface area contributed by atoms with E-state index in [1.54, 1.807) is 0 Å². The van der Waals surface area contributed by atoms with Crippen molar-refractivity contribution in [3.8, 4) is 0 Å². The van der Waals surface area contributed by atoms with E-state index in [2.05, 4.69) is 43.9 Å². The summed E-state index contributed by atoms with van der Waals surface area (Å²) in [5.41, 5.74) is 2.24. The number of hydrogen-bond acceptors (Lipinski definition) is 1. The standard InChI is InChI=1S/C17H21ClOSi/c1-20(2,3)16-10-8-14(9-11-16)12-19-13-15-6-4-5-7-17(15)18/h4-11H,12-13H2,1-3H3. The summed E-state index contributed by atoms with van der Waals surface area (Å²) in [6.45, 7) is 8.24. The van der Waals surface area contributed by atoms with Crippen LogP contribution in [0.25, 0.3) is 0 Å². The molecule has 20 heavy (non-hydrogen) atoms. The van der Waals surface area contributed by atoms with Gasteiger partial charge in [-0.05, 0) is 17.2 Å². The topological polar surface area (TPSA) is 9.23 Å². The molecule has 106 valence electrons. The summed E-state index contributed by atoms with van der Waals surface area (Å²) < 4.78 is 5.74. The predicted octanol–water partition coefficient (Wildman–Crippen LogP) is 4.60. The second-order valence-electron chi connectivity index (χ2n) is 6.03. The fourth-order valence-electron chi connectivity index (χ4n) is 2.00. The van der Waals surface area contributed by atoms with Crippen molar-refractivity contribution in [2.24, 2.45) is 0 Å². The molecule has 0 N–H and O–H groups in total. The van der Waals surface area contributed by atoms with Gasteiger partial charge in [0.15, 0.2) is 0 Å². The average molecular weight is 305 g/mol. The maximum atomic E-state index is 6.10. The summed E-state index contributed by atoms with van der Waals surface area (Å²) in [7, 11) is -1.21. The van der Waals surface area contributed by atoms with Crippen LogP contribution in [-0.4, -0.2) is 8.07 Å². The summed E-state index contributed by atoms with van der Waals surface area (Å²) in [5.74, 6) is 0. The van der Waals surface area contributed by atoms with Gasteiger partial charge in [0.05, 0.1) is 21.3 Å². The zero-order chi connectivity index (χ0) is 14.6. The van der Waals surface area contributed by atoms with Gasteiger partial charge in [-0.25, -0.2) is 0 Å². The van der Waals surface area contributed by atoms with Gasteiger partial charge >= 0.3 is 0 Å². The van der Waals surface area contributed by atoms with Gasteiger partial charge in [-0.15, -0.1) is 0 Å². The number of halogens is 1. The number of benzene rings is 2. The lowest BCUT2D eigenvalue weighted by molar-refractivity contribution is 0.107. The molecular weight excluding hydrogens is 284 g/mol. The lowest BCUT2D eigenvalue weighted by atomic mass is 10.2. The molecule has 0 saturated carbocycles. The summed E-state index contributed by atoms with van der Waals surface area (Å²) in [4.78, 5) is 0. The van der Waals surface area contributed by atoms with Gasteiger partial charge < -0.3 is 4.74 Å². The number of ether oxygens (including phenoxy) is 1. The van der Waals surface area contributed by atoms with Crippen molar-refractivity contribution in [3.63, 3.8) is 0 Å². The van der Waals surface area contributed by atoms with Gasteiger partial charge in [0, 0.05) is 5.02 Å². The molecule has 2 aromatic carbocycles. The van der Waals surface area contributed by atoms with E-state index in [9.17, 15) is 0 Å². The van der Waals surface area contributed by atoms with E-state index in [1.165, 1.54) is 10.8 Å². The minimum Gasteiger partial charge on any atom is -0.372 e. The molecule has 0 aliphatic heterocycles. The minimum absolute atomic E-state index is 0.551. The van der Waals surface area contributed by atoms with E-state index in [4.69, 9.17) is 16.3 Å². The van der Waals surface area contributed by atoms with E-state index in [0.29, 0.717) is 13.2 Å². The Hall–Kier alpha value is -1.09. The molecule has 0 aliphatic rings. The van der Waals surface area contributed by atoms with Crippen LogP contribution in [0.15, 0.2) is 48.5 Å². The van der Waals surface area contributed by atoms with E-state index >= 15 is 0 Å².